The van der Waals surface area contributed by atoms with Crippen LogP contribution in [0.15, 0.2) is 84.6 Å². The molecule has 1 aliphatic heterocycles. The van der Waals surface area contributed by atoms with Crippen molar-refractivity contribution in [3.63, 3.8) is 0 Å². The highest BCUT2D eigenvalue weighted by Gasteiger charge is 2.46. The maximum atomic E-state index is 6.96. The summed E-state index contributed by atoms with van der Waals surface area (Å²) in [5, 5.41) is 2.61. The lowest BCUT2D eigenvalue weighted by Crippen LogP contribution is -2.59. The number of halogens is 1. The molecule has 2 aromatic carbocycles. The Labute approximate surface area is 163 Å². The molecular formula is C23H27ClOSi. The molecule has 26 heavy (non-hydrogen) atoms. The molecular weight excluding hydrogens is 356 g/mol. The topological polar surface area (TPSA) is 9.23 Å². The van der Waals surface area contributed by atoms with Gasteiger partial charge < -0.3 is 4.43 Å². The van der Waals surface area contributed by atoms with E-state index in [9.17, 15) is 0 Å². The highest BCUT2D eigenvalue weighted by molar-refractivity contribution is 7.01. The van der Waals surface area contributed by atoms with Crippen LogP contribution in [-0.4, -0.2) is 20.3 Å². The van der Waals surface area contributed by atoms with Crippen molar-refractivity contribution in [3.8, 4) is 0 Å². The van der Waals surface area contributed by atoms with Crippen LogP contribution in [0.25, 0.3) is 0 Å². The number of hydrogen-bond donors (Lipinski definition) is 0. The standard InChI is InChI=1S/C23H27ClOSi/c1-3-19(2)23-20(12-10-11-17-24)18-26(25-23,21-13-6-4-7-14-21)22-15-8-5-9-16-22/h3-9,13-16,18-19,23H,1,10-12,17H2,2H3/t19-,23+/m0/s1. The van der Waals surface area contributed by atoms with Crippen LogP contribution < -0.4 is 10.4 Å². The lowest BCUT2D eigenvalue weighted by Gasteiger charge is -2.29. The van der Waals surface area contributed by atoms with E-state index in [-0.39, 0.29) is 6.10 Å². The van der Waals surface area contributed by atoms with E-state index >= 15 is 0 Å². The number of rotatable bonds is 8. The summed E-state index contributed by atoms with van der Waals surface area (Å²) in [5.74, 6) is 1.01. The molecule has 0 aromatic heterocycles. The van der Waals surface area contributed by atoms with Gasteiger partial charge in [-0.25, -0.2) is 0 Å². The smallest absolute Gasteiger partial charge is 0.281 e. The highest BCUT2D eigenvalue weighted by Crippen LogP contribution is 2.33. The zero-order chi connectivity index (χ0) is 18.4. The summed E-state index contributed by atoms with van der Waals surface area (Å²) in [4.78, 5) is 0. The third kappa shape index (κ3) is 3.88. The molecule has 0 saturated heterocycles. The molecule has 1 aliphatic rings. The third-order valence-corrected chi connectivity index (χ3v) is 9.22. The summed E-state index contributed by atoms with van der Waals surface area (Å²) in [6.45, 7) is 6.22. The second-order valence-electron chi connectivity index (χ2n) is 6.97. The molecule has 0 spiro atoms. The average molecular weight is 383 g/mol. The van der Waals surface area contributed by atoms with Crippen molar-refractivity contribution in [3.05, 3.63) is 84.6 Å². The van der Waals surface area contributed by atoms with Gasteiger partial charge in [0, 0.05) is 11.8 Å². The van der Waals surface area contributed by atoms with Crippen molar-refractivity contribution in [1.82, 2.24) is 0 Å². The zero-order valence-electron chi connectivity index (χ0n) is 15.4. The summed E-state index contributed by atoms with van der Waals surface area (Å²) >= 11 is 5.90. The lowest BCUT2D eigenvalue weighted by atomic mass is 9.95. The Kier molecular flexibility index (Phi) is 6.52. The maximum Gasteiger partial charge on any atom is 0.281 e. The SMILES string of the molecule is C=C[C@H](C)[C@H]1O[Si](c2ccccc2)(c2ccccc2)C=C1CCCCCl. The van der Waals surface area contributed by atoms with Crippen molar-refractivity contribution >= 4 is 30.3 Å². The second-order valence-corrected chi connectivity index (χ2v) is 10.5. The van der Waals surface area contributed by atoms with E-state index in [1.807, 2.05) is 6.08 Å². The Balaban J connectivity index is 2.07. The molecule has 0 fully saturated rings. The first-order valence-electron chi connectivity index (χ1n) is 9.40. The molecule has 0 unspecified atom stereocenters. The second kappa shape index (κ2) is 8.85. The Hall–Kier alpha value is -1.61. The minimum atomic E-state index is -2.39. The first-order valence-corrected chi connectivity index (χ1v) is 11.9. The van der Waals surface area contributed by atoms with Gasteiger partial charge in [0.2, 0.25) is 0 Å². The van der Waals surface area contributed by atoms with E-state index in [4.69, 9.17) is 16.0 Å². The average Bonchev–Trinajstić information content (AvgIpc) is 3.10. The molecule has 0 bridgehead atoms. The number of hydrogen-bond acceptors (Lipinski definition) is 1. The van der Waals surface area contributed by atoms with Gasteiger partial charge in [-0.3, -0.25) is 0 Å². The van der Waals surface area contributed by atoms with Gasteiger partial charge in [0.05, 0.1) is 6.10 Å². The molecule has 136 valence electrons. The summed E-state index contributed by atoms with van der Waals surface area (Å²) < 4.78 is 6.96. The van der Waals surface area contributed by atoms with E-state index in [2.05, 4.69) is 79.9 Å². The Morgan fingerprint density at radius 3 is 2.12 bits per heavy atom. The van der Waals surface area contributed by atoms with Crippen LogP contribution in [0.5, 0.6) is 0 Å². The van der Waals surface area contributed by atoms with Crippen LogP contribution in [0.4, 0.5) is 0 Å². The fourth-order valence-electron chi connectivity index (χ4n) is 3.70. The number of unbranched alkanes of at least 4 members (excludes halogenated alkanes) is 1. The number of benzene rings is 2. The van der Waals surface area contributed by atoms with Crippen molar-refractivity contribution < 1.29 is 4.43 Å². The van der Waals surface area contributed by atoms with Gasteiger partial charge in [0.15, 0.2) is 0 Å². The fourth-order valence-corrected chi connectivity index (χ4v) is 7.87. The monoisotopic (exact) mass is 382 g/mol. The van der Waals surface area contributed by atoms with Crippen molar-refractivity contribution in [1.29, 1.82) is 0 Å². The van der Waals surface area contributed by atoms with Crippen LogP contribution in [0, 0.1) is 5.92 Å². The molecule has 3 heteroatoms. The predicted molar refractivity (Wildman–Crippen MR) is 115 cm³/mol. The molecule has 0 amide bonds. The minimum absolute atomic E-state index is 0.106. The molecule has 2 aromatic rings. The molecule has 1 nitrogen and oxygen atoms in total. The fraction of sp³-hybridized carbons (Fsp3) is 0.304. The summed E-state index contributed by atoms with van der Waals surface area (Å²) in [6, 6.07) is 21.5. The maximum absolute atomic E-state index is 6.96. The van der Waals surface area contributed by atoms with Crippen LogP contribution in [0.3, 0.4) is 0 Å². The van der Waals surface area contributed by atoms with Gasteiger partial charge in [0.25, 0.3) is 8.32 Å². The molecule has 1 heterocycles. The molecule has 2 atom stereocenters. The van der Waals surface area contributed by atoms with Crippen molar-refractivity contribution in [2.75, 3.05) is 5.88 Å². The normalized spacial score (nSPS) is 19.8. The number of alkyl halides is 1. The Morgan fingerprint density at radius 2 is 1.62 bits per heavy atom. The van der Waals surface area contributed by atoms with Crippen LogP contribution >= 0.6 is 11.6 Å². The molecule has 0 saturated carbocycles. The van der Waals surface area contributed by atoms with Gasteiger partial charge in [-0.15, -0.1) is 18.2 Å². The molecule has 0 radical (unpaired) electrons. The minimum Gasteiger partial charge on any atom is -0.397 e. The van der Waals surface area contributed by atoms with Gasteiger partial charge in [-0.2, -0.15) is 0 Å². The predicted octanol–water partition coefficient (Wildman–Crippen LogP) is 4.84. The quantitative estimate of drug-likeness (QED) is 0.274. The van der Waals surface area contributed by atoms with Crippen LogP contribution in [0.2, 0.25) is 0 Å². The van der Waals surface area contributed by atoms with E-state index in [0.29, 0.717) is 5.92 Å². The Bertz CT molecular complexity index is 702. The van der Waals surface area contributed by atoms with Crippen LogP contribution in [-0.2, 0) is 4.43 Å². The Morgan fingerprint density at radius 1 is 1.04 bits per heavy atom. The molecule has 0 aliphatic carbocycles. The summed E-state index contributed by atoms with van der Waals surface area (Å²) in [7, 11) is -2.39. The van der Waals surface area contributed by atoms with E-state index in [1.165, 1.54) is 15.9 Å². The first-order chi connectivity index (χ1) is 12.7. The van der Waals surface area contributed by atoms with Gasteiger partial charge >= 0.3 is 0 Å². The molecule has 0 N–H and O–H groups in total. The van der Waals surface area contributed by atoms with Crippen molar-refractivity contribution in [2.45, 2.75) is 32.3 Å². The lowest BCUT2D eigenvalue weighted by molar-refractivity contribution is 0.208. The van der Waals surface area contributed by atoms with E-state index in [0.717, 1.165) is 25.1 Å². The van der Waals surface area contributed by atoms with Gasteiger partial charge in [0.1, 0.15) is 0 Å². The largest absolute Gasteiger partial charge is 0.397 e. The summed E-state index contributed by atoms with van der Waals surface area (Å²) in [6.07, 6.45) is 5.31. The van der Waals surface area contributed by atoms with Crippen molar-refractivity contribution in [2.24, 2.45) is 5.92 Å². The third-order valence-electron chi connectivity index (χ3n) is 5.17. The van der Waals surface area contributed by atoms with E-state index in [1.54, 1.807) is 0 Å². The first kappa shape index (κ1) is 19.2. The van der Waals surface area contributed by atoms with Crippen LogP contribution in [0.1, 0.15) is 26.2 Å². The summed E-state index contributed by atoms with van der Waals surface area (Å²) in [5.41, 5.74) is 3.90. The van der Waals surface area contributed by atoms with Gasteiger partial charge in [-0.1, -0.05) is 79.4 Å². The van der Waals surface area contributed by atoms with Gasteiger partial charge in [-0.05, 0) is 35.2 Å². The molecule has 3 rings (SSSR count). The highest BCUT2D eigenvalue weighted by atomic mass is 35.5. The van der Waals surface area contributed by atoms with E-state index < -0.39 is 8.32 Å². The zero-order valence-corrected chi connectivity index (χ0v) is 17.2.